The molecule has 1 unspecified atom stereocenters. The molecule has 0 bridgehead atoms. The van der Waals surface area contributed by atoms with Crippen LogP contribution in [0.25, 0.3) is 0 Å². The van der Waals surface area contributed by atoms with Crippen molar-refractivity contribution < 1.29 is 13.3 Å². The van der Waals surface area contributed by atoms with Crippen molar-refractivity contribution >= 4 is 21.4 Å². The fraction of sp³-hybridized carbons (Fsp3) is 0.333. The molecule has 1 aliphatic rings. The summed E-state index contributed by atoms with van der Waals surface area (Å²) in [6, 6.07) is 4.87. The van der Waals surface area contributed by atoms with Crippen molar-refractivity contribution in [2.24, 2.45) is 5.90 Å². The molecule has 0 aliphatic carbocycles. The largest absolute Gasteiger partial charge is 0.303 e. The van der Waals surface area contributed by atoms with E-state index in [0.29, 0.717) is 21.9 Å². The Kier molecular flexibility index (Phi) is 2.72. The topological polar surface area (TPSA) is 69.4 Å². The molecule has 6 heteroatoms. The zero-order chi connectivity index (χ0) is 11.1. The second-order valence-corrected chi connectivity index (χ2v) is 6.02. The van der Waals surface area contributed by atoms with E-state index >= 15 is 0 Å². The van der Waals surface area contributed by atoms with Crippen LogP contribution < -0.4 is 5.90 Å². The molecule has 15 heavy (non-hydrogen) atoms. The van der Waals surface area contributed by atoms with Crippen molar-refractivity contribution in [1.82, 2.24) is 0 Å². The third kappa shape index (κ3) is 1.65. The van der Waals surface area contributed by atoms with Gasteiger partial charge < -0.3 is 4.84 Å². The molecular weight excluding hydrogens is 238 g/mol. The summed E-state index contributed by atoms with van der Waals surface area (Å²) in [5.74, 6) is 4.90. The highest BCUT2D eigenvalue weighted by molar-refractivity contribution is 7.92. The Hall–Kier alpha value is -0.620. The average molecular weight is 248 g/mol. The van der Waals surface area contributed by atoms with Crippen LogP contribution in [0.3, 0.4) is 0 Å². The molecule has 0 spiro atoms. The smallest absolute Gasteiger partial charge is 0.184 e. The number of rotatable bonds is 2. The van der Waals surface area contributed by atoms with Gasteiger partial charge in [-0.15, -0.1) is 0 Å². The van der Waals surface area contributed by atoms with Crippen LogP contribution in [0.4, 0.5) is 0 Å². The molecule has 0 fully saturated rings. The first-order valence-corrected chi connectivity index (χ1v) is 6.32. The van der Waals surface area contributed by atoms with Crippen LogP contribution in [0.2, 0.25) is 5.02 Å². The fourth-order valence-corrected chi connectivity index (χ4v) is 3.89. The van der Waals surface area contributed by atoms with Crippen molar-refractivity contribution in [2.45, 2.75) is 16.6 Å². The maximum atomic E-state index is 11.9. The Morgan fingerprint density at radius 1 is 1.53 bits per heavy atom. The second-order valence-electron chi connectivity index (χ2n) is 3.42. The van der Waals surface area contributed by atoms with E-state index in [-0.39, 0.29) is 6.61 Å². The number of hydrogen-bond donors (Lipinski definition) is 1. The summed E-state index contributed by atoms with van der Waals surface area (Å²) < 4.78 is 23.9. The molecule has 82 valence electrons. The van der Waals surface area contributed by atoms with E-state index in [1.165, 1.54) is 0 Å². The lowest BCUT2D eigenvalue weighted by Crippen LogP contribution is -2.24. The van der Waals surface area contributed by atoms with Gasteiger partial charge in [0, 0.05) is 5.02 Å². The molecule has 1 atom stereocenters. The Balaban J connectivity index is 2.52. The van der Waals surface area contributed by atoms with Gasteiger partial charge in [-0.05, 0) is 24.1 Å². The van der Waals surface area contributed by atoms with Gasteiger partial charge in [0.2, 0.25) is 0 Å². The number of sulfone groups is 1. The molecule has 2 rings (SSSR count). The molecule has 1 aromatic rings. The van der Waals surface area contributed by atoms with E-state index in [0.717, 1.165) is 0 Å². The van der Waals surface area contributed by atoms with E-state index in [1.54, 1.807) is 18.2 Å². The van der Waals surface area contributed by atoms with E-state index in [9.17, 15) is 8.42 Å². The lowest BCUT2D eigenvalue weighted by molar-refractivity contribution is 0.138. The summed E-state index contributed by atoms with van der Waals surface area (Å²) in [5.41, 5.74) is 0.668. The van der Waals surface area contributed by atoms with Crippen LogP contribution in [-0.2, 0) is 21.1 Å². The van der Waals surface area contributed by atoms with Crippen molar-refractivity contribution in [3.63, 3.8) is 0 Å². The molecule has 1 heterocycles. The minimum Gasteiger partial charge on any atom is -0.303 e. The van der Waals surface area contributed by atoms with Gasteiger partial charge in [-0.2, -0.15) is 0 Å². The monoisotopic (exact) mass is 247 g/mol. The minimum absolute atomic E-state index is 0.00660. The Labute approximate surface area is 92.9 Å². The maximum Gasteiger partial charge on any atom is 0.184 e. The van der Waals surface area contributed by atoms with Gasteiger partial charge in [0.1, 0.15) is 0 Å². The molecule has 0 aromatic heterocycles. The Bertz CT molecular complexity index is 486. The summed E-state index contributed by atoms with van der Waals surface area (Å²) in [7, 11) is -3.32. The molecular formula is C9H10ClNO3S. The van der Waals surface area contributed by atoms with Crippen LogP contribution in [0.15, 0.2) is 23.1 Å². The quantitative estimate of drug-likeness (QED) is 0.790. The van der Waals surface area contributed by atoms with Crippen LogP contribution in [0.1, 0.15) is 5.56 Å². The first kappa shape index (κ1) is 10.9. The van der Waals surface area contributed by atoms with Crippen LogP contribution in [0.5, 0.6) is 0 Å². The summed E-state index contributed by atoms with van der Waals surface area (Å²) >= 11 is 5.93. The Morgan fingerprint density at radius 3 is 2.87 bits per heavy atom. The van der Waals surface area contributed by atoms with Crippen molar-refractivity contribution in [3.8, 4) is 0 Å². The zero-order valence-corrected chi connectivity index (χ0v) is 9.38. The zero-order valence-electron chi connectivity index (χ0n) is 7.81. The molecule has 0 radical (unpaired) electrons. The highest BCUT2D eigenvalue weighted by atomic mass is 35.5. The predicted molar refractivity (Wildman–Crippen MR) is 56.3 cm³/mol. The average Bonchev–Trinajstić information content (AvgIpc) is 2.43. The molecule has 0 saturated heterocycles. The first-order chi connectivity index (χ1) is 7.07. The molecule has 4 nitrogen and oxygen atoms in total. The van der Waals surface area contributed by atoms with Crippen LogP contribution in [-0.4, -0.2) is 20.3 Å². The number of nitrogens with two attached hydrogens (primary N) is 1. The molecule has 1 aromatic carbocycles. The van der Waals surface area contributed by atoms with Crippen molar-refractivity contribution in [1.29, 1.82) is 0 Å². The van der Waals surface area contributed by atoms with E-state index in [1.807, 2.05) is 0 Å². The summed E-state index contributed by atoms with van der Waals surface area (Å²) in [4.78, 5) is 4.71. The Morgan fingerprint density at radius 2 is 2.27 bits per heavy atom. The predicted octanol–water partition coefficient (Wildman–Crippen LogP) is 0.929. The van der Waals surface area contributed by atoms with Crippen LogP contribution >= 0.6 is 11.6 Å². The number of benzene rings is 1. The number of fused-ring (bicyclic) bond motifs is 1. The van der Waals surface area contributed by atoms with E-state index in [2.05, 4.69) is 4.84 Å². The second kappa shape index (κ2) is 3.75. The molecule has 0 saturated carbocycles. The third-order valence-corrected chi connectivity index (χ3v) is 5.07. The van der Waals surface area contributed by atoms with E-state index < -0.39 is 15.1 Å². The third-order valence-electron chi connectivity index (χ3n) is 2.54. The first-order valence-electron chi connectivity index (χ1n) is 4.40. The number of hydrogen-bond acceptors (Lipinski definition) is 4. The van der Waals surface area contributed by atoms with Gasteiger partial charge in [-0.25, -0.2) is 14.3 Å². The normalized spacial score (nSPS) is 22.7. The maximum absolute atomic E-state index is 11.9. The lowest BCUT2D eigenvalue weighted by Gasteiger charge is -2.06. The SMILES string of the molecule is NOCC1Cc2c(Cl)cccc2S1(=O)=O. The lowest BCUT2D eigenvalue weighted by atomic mass is 10.1. The summed E-state index contributed by atoms with van der Waals surface area (Å²) in [5, 5.41) is -0.131. The highest BCUT2D eigenvalue weighted by Gasteiger charge is 2.38. The van der Waals surface area contributed by atoms with Crippen molar-refractivity contribution in [3.05, 3.63) is 28.8 Å². The molecule has 2 N–H and O–H groups in total. The highest BCUT2D eigenvalue weighted by Crippen LogP contribution is 2.35. The van der Waals surface area contributed by atoms with Crippen molar-refractivity contribution in [2.75, 3.05) is 6.61 Å². The van der Waals surface area contributed by atoms with Gasteiger partial charge >= 0.3 is 0 Å². The molecule has 1 aliphatic heterocycles. The minimum atomic E-state index is -3.32. The van der Waals surface area contributed by atoms with Gasteiger partial charge in [0.05, 0.1) is 16.8 Å². The van der Waals surface area contributed by atoms with Gasteiger partial charge in [-0.1, -0.05) is 17.7 Å². The fourth-order valence-electron chi connectivity index (χ4n) is 1.78. The van der Waals surface area contributed by atoms with E-state index in [4.69, 9.17) is 17.5 Å². The number of halogens is 1. The molecule has 0 amide bonds. The van der Waals surface area contributed by atoms with Gasteiger partial charge in [-0.3, -0.25) is 0 Å². The van der Waals surface area contributed by atoms with Gasteiger partial charge in [0.25, 0.3) is 0 Å². The van der Waals surface area contributed by atoms with Crippen LogP contribution in [0, 0.1) is 0 Å². The standard InChI is InChI=1S/C9H10ClNO3S/c10-8-2-1-3-9-7(8)4-6(5-14-11)15(9,12)13/h1-3,6H,4-5,11H2. The summed E-state index contributed by atoms with van der Waals surface area (Å²) in [6.45, 7) is -0.00660. The summed E-state index contributed by atoms with van der Waals surface area (Å²) in [6.07, 6.45) is 0.370. The van der Waals surface area contributed by atoms with Gasteiger partial charge in [0.15, 0.2) is 9.84 Å².